The van der Waals surface area contributed by atoms with Gasteiger partial charge in [-0.3, -0.25) is 0 Å². The van der Waals surface area contributed by atoms with Gasteiger partial charge in [-0.2, -0.15) is 0 Å². The lowest BCUT2D eigenvalue weighted by Crippen LogP contribution is -2.32. The summed E-state index contributed by atoms with van der Waals surface area (Å²) in [7, 11) is 2.57. The predicted octanol–water partition coefficient (Wildman–Crippen LogP) is 3.49. The molecule has 0 aromatic heterocycles. The van der Waals surface area contributed by atoms with Crippen molar-refractivity contribution in [2.45, 2.75) is 19.8 Å². The monoisotopic (exact) mass is 421 g/mol. The Balaban J connectivity index is 1.97. The second-order valence-corrected chi connectivity index (χ2v) is 6.94. The van der Waals surface area contributed by atoms with Crippen LogP contribution in [0.25, 0.3) is 0 Å². The standard InChI is InChI=1S/C24H23NO6/c1-14-19(23(27)29-3)21(20(15(2)25-14)24(28)30-4)16-10-12-18(13-11-16)31-22(26)17-8-6-5-7-9-17/h5-13,21,25H,1-4H3. The third-order valence-electron chi connectivity index (χ3n) is 5.00. The molecular weight excluding hydrogens is 398 g/mol. The lowest BCUT2D eigenvalue weighted by molar-refractivity contribution is -0.137. The van der Waals surface area contributed by atoms with E-state index < -0.39 is 23.8 Å². The summed E-state index contributed by atoms with van der Waals surface area (Å²) in [6.45, 7) is 3.49. The van der Waals surface area contributed by atoms with Gasteiger partial charge in [0.05, 0.1) is 36.8 Å². The van der Waals surface area contributed by atoms with Crippen molar-refractivity contribution in [3.8, 4) is 5.75 Å². The van der Waals surface area contributed by atoms with Gasteiger partial charge in [0.25, 0.3) is 0 Å². The SMILES string of the molecule is COC(=O)C1=C(C)NC(C)=C(C(=O)OC)C1c1ccc(OC(=O)c2ccccc2)cc1. The van der Waals surface area contributed by atoms with Crippen molar-refractivity contribution in [1.29, 1.82) is 0 Å². The number of esters is 3. The van der Waals surface area contributed by atoms with Crippen molar-refractivity contribution in [3.63, 3.8) is 0 Å². The highest BCUT2D eigenvalue weighted by atomic mass is 16.5. The zero-order chi connectivity index (χ0) is 22.5. The van der Waals surface area contributed by atoms with Crippen LogP contribution < -0.4 is 10.1 Å². The molecule has 3 rings (SSSR count). The molecule has 0 fully saturated rings. The van der Waals surface area contributed by atoms with Gasteiger partial charge in [0.1, 0.15) is 5.75 Å². The average molecular weight is 421 g/mol. The molecule has 0 saturated carbocycles. The average Bonchev–Trinajstić information content (AvgIpc) is 2.78. The fourth-order valence-corrected chi connectivity index (χ4v) is 3.56. The Bertz CT molecular complexity index is 1030. The topological polar surface area (TPSA) is 90.9 Å². The van der Waals surface area contributed by atoms with Gasteiger partial charge in [0, 0.05) is 11.4 Å². The number of carbonyl (C=O) groups is 3. The van der Waals surface area contributed by atoms with Crippen LogP contribution in [-0.4, -0.2) is 32.1 Å². The largest absolute Gasteiger partial charge is 0.466 e. The summed E-state index contributed by atoms with van der Waals surface area (Å²) >= 11 is 0. The second-order valence-electron chi connectivity index (χ2n) is 6.94. The lowest BCUT2D eigenvalue weighted by atomic mass is 9.80. The van der Waals surface area contributed by atoms with Gasteiger partial charge in [0.2, 0.25) is 0 Å². The van der Waals surface area contributed by atoms with Crippen LogP contribution in [0.3, 0.4) is 0 Å². The maximum absolute atomic E-state index is 12.5. The Morgan fingerprint density at radius 2 is 1.26 bits per heavy atom. The summed E-state index contributed by atoms with van der Waals surface area (Å²) in [6.07, 6.45) is 0. The third kappa shape index (κ3) is 4.50. The predicted molar refractivity (Wildman–Crippen MR) is 113 cm³/mol. The van der Waals surface area contributed by atoms with Crippen molar-refractivity contribution in [3.05, 3.63) is 88.3 Å². The van der Waals surface area contributed by atoms with Gasteiger partial charge >= 0.3 is 17.9 Å². The molecule has 0 bridgehead atoms. The van der Waals surface area contributed by atoms with E-state index in [2.05, 4.69) is 5.32 Å². The van der Waals surface area contributed by atoms with E-state index in [1.54, 1.807) is 62.4 Å². The van der Waals surface area contributed by atoms with Crippen LogP contribution in [0.2, 0.25) is 0 Å². The fourth-order valence-electron chi connectivity index (χ4n) is 3.56. The molecule has 0 aliphatic carbocycles. The van der Waals surface area contributed by atoms with E-state index in [4.69, 9.17) is 14.2 Å². The number of dihydropyridines is 1. The minimum atomic E-state index is -0.694. The maximum Gasteiger partial charge on any atom is 0.343 e. The Hall–Kier alpha value is -3.87. The molecule has 1 aliphatic rings. The van der Waals surface area contributed by atoms with Crippen LogP contribution in [0.4, 0.5) is 0 Å². The van der Waals surface area contributed by atoms with Crippen molar-refractivity contribution in [2.24, 2.45) is 0 Å². The number of benzene rings is 2. The van der Waals surface area contributed by atoms with Gasteiger partial charge in [0.15, 0.2) is 0 Å². The second kappa shape index (κ2) is 9.30. The Morgan fingerprint density at radius 3 is 1.74 bits per heavy atom. The number of ether oxygens (including phenoxy) is 3. The molecule has 0 spiro atoms. The normalized spacial score (nSPS) is 14.1. The smallest absolute Gasteiger partial charge is 0.343 e. The number of hydrogen-bond acceptors (Lipinski definition) is 7. The molecule has 0 amide bonds. The van der Waals surface area contributed by atoms with E-state index in [9.17, 15) is 14.4 Å². The first kappa shape index (κ1) is 21.8. The quantitative estimate of drug-likeness (QED) is 0.584. The Kier molecular flexibility index (Phi) is 6.55. The van der Waals surface area contributed by atoms with Crippen LogP contribution in [-0.2, 0) is 19.1 Å². The fraction of sp³-hybridized carbons (Fsp3) is 0.208. The number of carbonyl (C=O) groups excluding carboxylic acids is 3. The van der Waals surface area contributed by atoms with Crippen molar-refractivity contribution < 1.29 is 28.6 Å². The van der Waals surface area contributed by atoms with Gasteiger partial charge in [-0.25, -0.2) is 14.4 Å². The highest BCUT2D eigenvalue weighted by Gasteiger charge is 2.37. The molecule has 160 valence electrons. The highest BCUT2D eigenvalue weighted by Crippen LogP contribution is 2.39. The van der Waals surface area contributed by atoms with Gasteiger partial charge in [-0.05, 0) is 43.7 Å². The highest BCUT2D eigenvalue weighted by molar-refractivity contribution is 5.99. The number of allylic oxidation sites excluding steroid dienone is 2. The molecular formula is C24H23NO6. The number of nitrogens with one attached hydrogen (secondary N) is 1. The molecule has 0 saturated heterocycles. The molecule has 2 aromatic rings. The lowest BCUT2D eigenvalue weighted by Gasteiger charge is -2.30. The van der Waals surface area contributed by atoms with E-state index in [0.717, 1.165) is 0 Å². The molecule has 1 aliphatic heterocycles. The summed E-state index contributed by atoms with van der Waals surface area (Å²) in [4.78, 5) is 37.3. The molecule has 31 heavy (non-hydrogen) atoms. The first-order valence-corrected chi connectivity index (χ1v) is 9.59. The number of methoxy groups -OCH3 is 2. The molecule has 7 heteroatoms. The van der Waals surface area contributed by atoms with Crippen LogP contribution in [0, 0.1) is 0 Å². The molecule has 1 N–H and O–H groups in total. The number of rotatable bonds is 5. The van der Waals surface area contributed by atoms with Crippen molar-refractivity contribution >= 4 is 17.9 Å². The van der Waals surface area contributed by atoms with Crippen LogP contribution in [0.1, 0.15) is 35.7 Å². The summed E-state index contributed by atoms with van der Waals surface area (Å²) in [5.74, 6) is -1.94. The summed E-state index contributed by atoms with van der Waals surface area (Å²) in [6, 6.07) is 15.3. The minimum Gasteiger partial charge on any atom is -0.466 e. The van der Waals surface area contributed by atoms with Crippen LogP contribution >= 0.6 is 0 Å². The number of hydrogen-bond donors (Lipinski definition) is 1. The van der Waals surface area contributed by atoms with E-state index >= 15 is 0 Å². The van der Waals surface area contributed by atoms with E-state index in [0.29, 0.717) is 39.4 Å². The van der Waals surface area contributed by atoms with E-state index in [1.165, 1.54) is 14.2 Å². The molecule has 1 heterocycles. The molecule has 7 nitrogen and oxygen atoms in total. The zero-order valence-electron chi connectivity index (χ0n) is 17.7. The first-order chi connectivity index (χ1) is 14.9. The Morgan fingerprint density at radius 1 is 0.742 bits per heavy atom. The zero-order valence-corrected chi connectivity index (χ0v) is 17.7. The maximum atomic E-state index is 12.5. The minimum absolute atomic E-state index is 0.308. The van der Waals surface area contributed by atoms with Gasteiger partial charge < -0.3 is 19.5 Å². The molecule has 2 aromatic carbocycles. The van der Waals surface area contributed by atoms with Crippen LogP contribution in [0.15, 0.2) is 77.1 Å². The van der Waals surface area contributed by atoms with Crippen molar-refractivity contribution in [2.75, 3.05) is 14.2 Å². The molecule has 0 unspecified atom stereocenters. The van der Waals surface area contributed by atoms with Gasteiger partial charge in [-0.15, -0.1) is 0 Å². The summed E-state index contributed by atoms with van der Waals surface area (Å²) < 4.78 is 15.3. The summed E-state index contributed by atoms with van der Waals surface area (Å²) in [5, 5.41) is 3.05. The molecule has 0 radical (unpaired) electrons. The Labute approximate surface area is 180 Å². The van der Waals surface area contributed by atoms with E-state index in [-0.39, 0.29) is 0 Å². The van der Waals surface area contributed by atoms with Crippen molar-refractivity contribution in [1.82, 2.24) is 5.32 Å². The molecule has 0 atom stereocenters. The van der Waals surface area contributed by atoms with Gasteiger partial charge in [-0.1, -0.05) is 30.3 Å². The van der Waals surface area contributed by atoms with Crippen LogP contribution in [0.5, 0.6) is 5.75 Å². The third-order valence-corrected chi connectivity index (χ3v) is 5.00. The summed E-state index contributed by atoms with van der Waals surface area (Å²) in [5.41, 5.74) is 2.87. The van der Waals surface area contributed by atoms with E-state index in [1.807, 2.05) is 6.07 Å². The first-order valence-electron chi connectivity index (χ1n) is 9.59.